The van der Waals surface area contributed by atoms with Crippen molar-refractivity contribution >= 4 is 11.9 Å². The van der Waals surface area contributed by atoms with E-state index >= 15 is 0 Å². The second-order valence-electron chi connectivity index (χ2n) is 4.26. The summed E-state index contributed by atoms with van der Waals surface area (Å²) in [6.07, 6.45) is 0.316. The summed E-state index contributed by atoms with van der Waals surface area (Å²) >= 11 is 0. The number of ether oxygens (including phenoxy) is 1. The SMILES string of the molecule is C=C(C)C[C@H](NC(=O)c1ccc(O)cc1)C(=O)OC. The van der Waals surface area contributed by atoms with E-state index in [2.05, 4.69) is 16.6 Å². The highest BCUT2D eigenvalue weighted by atomic mass is 16.5. The zero-order valence-corrected chi connectivity index (χ0v) is 11.0. The van der Waals surface area contributed by atoms with Crippen molar-refractivity contribution in [3.8, 4) is 5.75 Å². The lowest BCUT2D eigenvalue weighted by Crippen LogP contribution is -2.41. The van der Waals surface area contributed by atoms with Crippen LogP contribution in [0.2, 0.25) is 0 Å². The van der Waals surface area contributed by atoms with Gasteiger partial charge < -0.3 is 15.2 Å². The maximum Gasteiger partial charge on any atom is 0.328 e. The Hall–Kier alpha value is -2.30. The van der Waals surface area contributed by atoms with Gasteiger partial charge in [0.15, 0.2) is 0 Å². The molecule has 0 aliphatic rings. The van der Waals surface area contributed by atoms with Crippen LogP contribution in [0.15, 0.2) is 36.4 Å². The molecule has 0 heterocycles. The molecule has 0 spiro atoms. The molecule has 1 amide bonds. The molecule has 1 aromatic carbocycles. The average molecular weight is 263 g/mol. The largest absolute Gasteiger partial charge is 0.508 e. The van der Waals surface area contributed by atoms with Gasteiger partial charge in [0.2, 0.25) is 0 Å². The monoisotopic (exact) mass is 263 g/mol. The summed E-state index contributed by atoms with van der Waals surface area (Å²) in [5.41, 5.74) is 1.12. The fourth-order valence-electron chi connectivity index (χ4n) is 1.54. The highest BCUT2D eigenvalue weighted by Gasteiger charge is 2.21. The molecule has 0 aliphatic carbocycles. The van der Waals surface area contributed by atoms with Gasteiger partial charge in [-0.15, -0.1) is 6.58 Å². The number of phenols is 1. The fourth-order valence-corrected chi connectivity index (χ4v) is 1.54. The Balaban J connectivity index is 2.78. The molecule has 0 radical (unpaired) electrons. The van der Waals surface area contributed by atoms with Crippen LogP contribution in [0.25, 0.3) is 0 Å². The Morgan fingerprint density at radius 2 is 1.95 bits per heavy atom. The van der Waals surface area contributed by atoms with E-state index in [9.17, 15) is 9.59 Å². The summed E-state index contributed by atoms with van der Waals surface area (Å²) < 4.78 is 4.63. The number of nitrogens with one attached hydrogen (secondary N) is 1. The topological polar surface area (TPSA) is 75.6 Å². The van der Waals surface area contributed by atoms with E-state index in [1.54, 1.807) is 6.92 Å². The van der Waals surface area contributed by atoms with E-state index in [4.69, 9.17) is 5.11 Å². The molecule has 5 nitrogen and oxygen atoms in total. The number of hydrogen-bond donors (Lipinski definition) is 2. The van der Waals surface area contributed by atoms with Crippen molar-refractivity contribution in [2.45, 2.75) is 19.4 Å². The van der Waals surface area contributed by atoms with E-state index < -0.39 is 17.9 Å². The van der Waals surface area contributed by atoms with Crippen molar-refractivity contribution < 1.29 is 19.4 Å². The minimum absolute atomic E-state index is 0.0722. The number of carbonyl (C=O) groups is 2. The van der Waals surface area contributed by atoms with Crippen molar-refractivity contribution in [2.24, 2.45) is 0 Å². The number of rotatable bonds is 5. The first-order valence-electron chi connectivity index (χ1n) is 5.76. The van der Waals surface area contributed by atoms with Crippen molar-refractivity contribution in [3.05, 3.63) is 42.0 Å². The van der Waals surface area contributed by atoms with Gasteiger partial charge in [-0.1, -0.05) is 5.57 Å². The van der Waals surface area contributed by atoms with Gasteiger partial charge in [-0.3, -0.25) is 4.79 Å². The fraction of sp³-hybridized carbons (Fsp3) is 0.286. The quantitative estimate of drug-likeness (QED) is 0.625. The molecule has 1 rings (SSSR count). The van der Waals surface area contributed by atoms with Crippen LogP contribution >= 0.6 is 0 Å². The minimum atomic E-state index is -0.760. The molecule has 0 fully saturated rings. The van der Waals surface area contributed by atoms with Crippen LogP contribution < -0.4 is 5.32 Å². The number of benzene rings is 1. The van der Waals surface area contributed by atoms with Gasteiger partial charge in [0, 0.05) is 5.56 Å². The van der Waals surface area contributed by atoms with Gasteiger partial charge in [-0.25, -0.2) is 4.79 Å². The molecule has 102 valence electrons. The highest BCUT2D eigenvalue weighted by molar-refractivity contribution is 5.96. The second-order valence-corrected chi connectivity index (χ2v) is 4.26. The smallest absolute Gasteiger partial charge is 0.328 e. The summed E-state index contributed by atoms with van der Waals surface area (Å²) in [5, 5.41) is 11.7. The highest BCUT2D eigenvalue weighted by Crippen LogP contribution is 2.11. The number of phenolic OH excluding ortho intramolecular Hbond substituents is 1. The van der Waals surface area contributed by atoms with Crippen LogP contribution in [0.4, 0.5) is 0 Å². The summed E-state index contributed by atoms with van der Waals surface area (Å²) in [7, 11) is 1.26. The molecule has 0 aromatic heterocycles. The molecule has 0 unspecified atom stereocenters. The number of amides is 1. The number of methoxy groups -OCH3 is 1. The molecule has 1 aromatic rings. The third-order valence-electron chi connectivity index (χ3n) is 2.47. The van der Waals surface area contributed by atoms with Crippen molar-refractivity contribution in [2.75, 3.05) is 7.11 Å². The Morgan fingerprint density at radius 1 is 1.37 bits per heavy atom. The Labute approximate surface area is 111 Å². The lowest BCUT2D eigenvalue weighted by Gasteiger charge is -2.16. The van der Waals surface area contributed by atoms with Gasteiger partial charge in [-0.2, -0.15) is 0 Å². The maximum absolute atomic E-state index is 11.9. The van der Waals surface area contributed by atoms with E-state index in [1.165, 1.54) is 31.4 Å². The molecule has 0 aliphatic heterocycles. The van der Waals surface area contributed by atoms with Crippen LogP contribution in [0.1, 0.15) is 23.7 Å². The molecule has 5 heteroatoms. The number of aromatic hydroxyl groups is 1. The second kappa shape index (κ2) is 6.58. The first-order valence-corrected chi connectivity index (χ1v) is 5.76. The van der Waals surface area contributed by atoms with Gasteiger partial charge in [0.1, 0.15) is 11.8 Å². The van der Waals surface area contributed by atoms with Gasteiger partial charge in [-0.05, 0) is 37.6 Å². The number of carbonyl (C=O) groups excluding carboxylic acids is 2. The first kappa shape index (κ1) is 14.8. The van der Waals surface area contributed by atoms with Crippen molar-refractivity contribution in [1.82, 2.24) is 5.32 Å². The molecule has 0 saturated heterocycles. The summed E-state index contributed by atoms with van der Waals surface area (Å²) in [6, 6.07) is 4.99. The normalized spacial score (nSPS) is 11.5. The van der Waals surface area contributed by atoms with Crippen LogP contribution in [0, 0.1) is 0 Å². The standard InChI is InChI=1S/C14H17NO4/c1-9(2)8-12(14(18)19-3)15-13(17)10-4-6-11(16)7-5-10/h4-7,12,16H,1,8H2,2-3H3,(H,15,17)/t12-/m0/s1. The Kier molecular flexibility index (Phi) is 5.11. The molecule has 0 saturated carbocycles. The van der Waals surface area contributed by atoms with Crippen LogP contribution in [-0.2, 0) is 9.53 Å². The van der Waals surface area contributed by atoms with Crippen LogP contribution in [0.3, 0.4) is 0 Å². The maximum atomic E-state index is 11.9. The Morgan fingerprint density at radius 3 is 2.42 bits per heavy atom. The third kappa shape index (κ3) is 4.46. The molecular weight excluding hydrogens is 246 g/mol. The molecule has 1 atom stereocenters. The zero-order valence-electron chi connectivity index (χ0n) is 11.0. The Bertz CT molecular complexity index is 479. The average Bonchev–Trinajstić information content (AvgIpc) is 2.37. The minimum Gasteiger partial charge on any atom is -0.508 e. The molecule has 19 heavy (non-hydrogen) atoms. The van der Waals surface area contributed by atoms with Crippen molar-refractivity contribution in [1.29, 1.82) is 0 Å². The molecule has 2 N–H and O–H groups in total. The number of esters is 1. The van der Waals surface area contributed by atoms with E-state index in [-0.39, 0.29) is 5.75 Å². The third-order valence-corrected chi connectivity index (χ3v) is 2.47. The van der Waals surface area contributed by atoms with Crippen LogP contribution in [-0.4, -0.2) is 30.1 Å². The predicted molar refractivity (Wildman–Crippen MR) is 70.8 cm³/mol. The summed E-state index contributed by atoms with van der Waals surface area (Å²) in [4.78, 5) is 23.5. The molecular formula is C14H17NO4. The molecule has 0 bridgehead atoms. The number of hydrogen-bond acceptors (Lipinski definition) is 4. The summed E-state index contributed by atoms with van der Waals surface area (Å²) in [5.74, 6) is -0.852. The summed E-state index contributed by atoms with van der Waals surface area (Å²) in [6.45, 7) is 5.48. The lowest BCUT2D eigenvalue weighted by atomic mass is 10.1. The van der Waals surface area contributed by atoms with Gasteiger partial charge in [0.25, 0.3) is 5.91 Å². The van der Waals surface area contributed by atoms with Crippen molar-refractivity contribution in [3.63, 3.8) is 0 Å². The van der Waals surface area contributed by atoms with Gasteiger partial charge in [0.05, 0.1) is 7.11 Å². The van der Waals surface area contributed by atoms with E-state index in [0.717, 1.165) is 5.57 Å². The van der Waals surface area contributed by atoms with E-state index in [1.807, 2.05) is 0 Å². The zero-order chi connectivity index (χ0) is 14.4. The van der Waals surface area contributed by atoms with E-state index in [0.29, 0.717) is 12.0 Å². The first-order chi connectivity index (χ1) is 8.93. The van der Waals surface area contributed by atoms with Gasteiger partial charge >= 0.3 is 5.97 Å². The lowest BCUT2D eigenvalue weighted by molar-refractivity contribution is -0.142. The predicted octanol–water partition coefficient (Wildman–Crippen LogP) is 1.63. The van der Waals surface area contributed by atoms with Crippen LogP contribution in [0.5, 0.6) is 5.75 Å².